The summed E-state index contributed by atoms with van der Waals surface area (Å²) in [6.45, 7) is 14.1. The van der Waals surface area contributed by atoms with E-state index in [9.17, 15) is 9.59 Å². The molecule has 0 radical (unpaired) electrons. The summed E-state index contributed by atoms with van der Waals surface area (Å²) in [6, 6.07) is 17.4. The van der Waals surface area contributed by atoms with Crippen molar-refractivity contribution in [1.82, 2.24) is 10.6 Å². The summed E-state index contributed by atoms with van der Waals surface area (Å²) in [5.74, 6) is 8.30. The van der Waals surface area contributed by atoms with Crippen LogP contribution in [0, 0.1) is 29.6 Å². The summed E-state index contributed by atoms with van der Waals surface area (Å²) in [5.41, 5.74) is 7.67. The molecule has 0 saturated heterocycles. The number of hydrogen-bond donors (Lipinski definition) is 2. The molecule has 2 aliphatic carbocycles. The first-order chi connectivity index (χ1) is 29.6. The Labute approximate surface area is 377 Å². The van der Waals surface area contributed by atoms with Crippen molar-refractivity contribution in [3.63, 3.8) is 0 Å². The van der Waals surface area contributed by atoms with E-state index in [4.69, 9.17) is 18.9 Å². The number of rotatable bonds is 23. The highest BCUT2D eigenvalue weighted by Crippen LogP contribution is 2.52. The molecule has 2 amide bonds. The van der Waals surface area contributed by atoms with Crippen molar-refractivity contribution >= 4 is 29.1 Å². The Hall–Kier alpha value is -4.40. The van der Waals surface area contributed by atoms with Crippen LogP contribution in [0.5, 0.6) is 0 Å². The fourth-order valence-corrected chi connectivity index (χ4v) is 9.40. The summed E-state index contributed by atoms with van der Waals surface area (Å²) in [4.78, 5) is 27.0. The standard InChI is InChI=1S/C51H68N4O6.ClH/c1-50(2)42-22-15-17-24-44(42)54(5)46(50)26-12-8-13-27-47-51(3,4)43-23-16-18-25-45(43)55(47)31-19-9-14-28-48(56)52-29-32-58-34-36-60-37-35-59-33-30-53-49(57)61-38-41-39-20-10-6-7-11-21-40(39)41;/h8,12-13,15-18,22-27,39-41H,9-11,14,19-21,28-38H2,1-5H3,(H-,52,53,56,57);1H/t39-,40+,41?;. The SMILES string of the molecule is C[N+]1=C(C=CC=CC=C2N(CCCCCC(=O)NCCOCCOCCOCCNC(=O)OCC3[C@H]4CCC#CCC[C@@H]34)c3ccccc3C2(C)C)C(C)(C)c2ccccc21.[Cl-]. The van der Waals surface area contributed by atoms with Gasteiger partial charge >= 0.3 is 6.09 Å². The molecule has 0 spiro atoms. The predicted molar refractivity (Wildman–Crippen MR) is 243 cm³/mol. The molecule has 2 aromatic rings. The second-order valence-electron chi connectivity index (χ2n) is 17.6. The Bertz CT molecular complexity index is 1980. The molecule has 10 nitrogen and oxygen atoms in total. The predicted octanol–water partition coefficient (Wildman–Crippen LogP) is 5.38. The number of halogens is 1. The molecule has 3 atom stereocenters. The molecule has 336 valence electrons. The number of unbranched alkanes of at least 4 members (excludes halogenated alkanes) is 2. The van der Waals surface area contributed by atoms with E-state index < -0.39 is 0 Å². The number of para-hydroxylation sites is 2. The Balaban J connectivity index is 0.00000726. The number of amides is 2. The van der Waals surface area contributed by atoms with Crippen molar-refractivity contribution < 1.29 is 45.5 Å². The first-order valence-electron chi connectivity index (χ1n) is 22.6. The minimum atomic E-state index is -0.383. The third-order valence-corrected chi connectivity index (χ3v) is 12.8. The molecule has 2 heterocycles. The van der Waals surface area contributed by atoms with E-state index in [-0.39, 0.29) is 35.2 Å². The van der Waals surface area contributed by atoms with Crippen LogP contribution in [0.3, 0.4) is 0 Å². The summed E-state index contributed by atoms with van der Waals surface area (Å²) in [7, 11) is 2.15. The topological polar surface area (TPSA) is 101 Å². The van der Waals surface area contributed by atoms with Crippen molar-refractivity contribution in [3.05, 3.63) is 95.7 Å². The number of hydrogen-bond acceptors (Lipinski definition) is 7. The maximum Gasteiger partial charge on any atom is 0.407 e. The molecule has 2 aliphatic heterocycles. The minimum Gasteiger partial charge on any atom is -1.00 e. The molecule has 0 aromatic heterocycles. The van der Waals surface area contributed by atoms with E-state index in [2.05, 4.69) is 146 Å². The normalized spacial score (nSPS) is 21.1. The van der Waals surface area contributed by atoms with Crippen LogP contribution in [-0.2, 0) is 34.6 Å². The smallest absolute Gasteiger partial charge is 0.407 e. The Kier molecular flexibility index (Phi) is 18.7. The molecule has 4 aliphatic rings. The van der Waals surface area contributed by atoms with Crippen LogP contribution >= 0.6 is 0 Å². The summed E-state index contributed by atoms with van der Waals surface area (Å²) < 4.78 is 24.5. The second-order valence-corrected chi connectivity index (χ2v) is 17.6. The van der Waals surface area contributed by atoms with Crippen molar-refractivity contribution in [2.45, 2.75) is 89.9 Å². The van der Waals surface area contributed by atoms with E-state index in [0.717, 1.165) is 51.5 Å². The molecule has 0 bridgehead atoms. The van der Waals surface area contributed by atoms with Gasteiger partial charge in [0.25, 0.3) is 0 Å². The average Bonchev–Trinajstić information content (AvgIpc) is 3.78. The van der Waals surface area contributed by atoms with Crippen LogP contribution in [0.15, 0.2) is 84.6 Å². The monoisotopic (exact) mass is 868 g/mol. The summed E-state index contributed by atoms with van der Waals surface area (Å²) in [6.07, 6.45) is 18.1. The first-order valence-corrected chi connectivity index (χ1v) is 22.6. The number of alkyl carbamates (subject to hydrolysis) is 1. The van der Waals surface area contributed by atoms with Crippen LogP contribution in [0.25, 0.3) is 0 Å². The van der Waals surface area contributed by atoms with Crippen LogP contribution in [0.4, 0.5) is 16.2 Å². The molecule has 1 saturated carbocycles. The largest absolute Gasteiger partial charge is 1.00 e. The molecular formula is C51H69ClN4O6. The number of ether oxygens (including phenoxy) is 4. The molecule has 1 unspecified atom stereocenters. The molecule has 11 heteroatoms. The second kappa shape index (κ2) is 23.9. The van der Waals surface area contributed by atoms with Gasteiger partial charge in [0.1, 0.15) is 7.05 Å². The van der Waals surface area contributed by atoms with Crippen molar-refractivity contribution in [2.24, 2.45) is 17.8 Å². The third-order valence-electron chi connectivity index (χ3n) is 12.8. The molecule has 1 fully saturated rings. The molecule has 2 N–H and O–H groups in total. The van der Waals surface area contributed by atoms with Gasteiger partial charge in [-0.15, -0.1) is 11.8 Å². The van der Waals surface area contributed by atoms with Gasteiger partial charge in [0.05, 0.1) is 51.7 Å². The zero-order chi connectivity index (χ0) is 43.1. The number of fused-ring (bicyclic) bond motifs is 3. The van der Waals surface area contributed by atoms with Gasteiger partial charge in [0.15, 0.2) is 5.71 Å². The number of nitrogens with zero attached hydrogens (tertiary/aromatic N) is 2. The van der Waals surface area contributed by atoms with Gasteiger partial charge in [-0.05, 0) is 75.0 Å². The van der Waals surface area contributed by atoms with Crippen molar-refractivity contribution in [2.75, 3.05) is 77.8 Å². The van der Waals surface area contributed by atoms with Gasteiger partial charge in [-0.25, -0.2) is 4.79 Å². The fraction of sp³-hybridized carbons (Fsp3) is 0.549. The lowest BCUT2D eigenvalue weighted by Gasteiger charge is -2.27. The van der Waals surface area contributed by atoms with Crippen LogP contribution in [-0.4, -0.2) is 95.2 Å². The zero-order valence-corrected chi connectivity index (χ0v) is 38.4. The van der Waals surface area contributed by atoms with Crippen molar-refractivity contribution in [1.29, 1.82) is 0 Å². The third kappa shape index (κ3) is 12.8. The fourth-order valence-electron chi connectivity index (χ4n) is 9.40. The lowest BCUT2D eigenvalue weighted by atomic mass is 9.81. The number of carbonyl (C=O) groups is 2. The Morgan fingerprint density at radius 2 is 1.40 bits per heavy atom. The highest BCUT2D eigenvalue weighted by Gasteiger charge is 2.49. The maximum atomic E-state index is 12.5. The highest BCUT2D eigenvalue weighted by molar-refractivity contribution is 6.03. The highest BCUT2D eigenvalue weighted by atomic mass is 35.5. The number of carbonyl (C=O) groups excluding carboxylic acids is 2. The lowest BCUT2D eigenvalue weighted by molar-refractivity contribution is -0.401. The van der Waals surface area contributed by atoms with E-state index in [1.165, 1.54) is 33.9 Å². The average molecular weight is 870 g/mol. The number of nitrogens with one attached hydrogen (secondary N) is 2. The van der Waals surface area contributed by atoms with Gasteiger partial charge < -0.3 is 46.9 Å². The van der Waals surface area contributed by atoms with Gasteiger partial charge in [0.2, 0.25) is 11.6 Å². The van der Waals surface area contributed by atoms with E-state index in [0.29, 0.717) is 83.5 Å². The minimum absolute atomic E-state index is 0. The molecule has 6 rings (SSSR count). The Morgan fingerprint density at radius 1 is 0.774 bits per heavy atom. The van der Waals surface area contributed by atoms with E-state index >= 15 is 0 Å². The van der Waals surface area contributed by atoms with Crippen molar-refractivity contribution in [3.8, 4) is 11.8 Å². The number of anilines is 1. The van der Waals surface area contributed by atoms with E-state index in [1.54, 1.807) is 0 Å². The van der Waals surface area contributed by atoms with Crippen LogP contribution < -0.4 is 27.9 Å². The van der Waals surface area contributed by atoms with E-state index in [1.807, 2.05) is 0 Å². The molecule has 2 aromatic carbocycles. The number of allylic oxidation sites excluding steroid dienone is 6. The van der Waals surface area contributed by atoms with Gasteiger partial charge in [0, 0.05) is 73.4 Å². The van der Waals surface area contributed by atoms with Gasteiger partial charge in [-0.2, -0.15) is 4.58 Å². The molecule has 62 heavy (non-hydrogen) atoms. The summed E-state index contributed by atoms with van der Waals surface area (Å²) in [5, 5.41) is 5.73. The maximum absolute atomic E-state index is 12.5. The van der Waals surface area contributed by atoms with Crippen LogP contribution in [0.2, 0.25) is 0 Å². The van der Waals surface area contributed by atoms with Gasteiger partial charge in [-0.1, -0.05) is 74.9 Å². The lowest BCUT2D eigenvalue weighted by Crippen LogP contribution is -3.00. The Morgan fingerprint density at radius 3 is 2.10 bits per heavy atom. The first kappa shape index (κ1) is 48.6. The van der Waals surface area contributed by atoms with Gasteiger partial charge in [-0.3, -0.25) is 4.79 Å². The quantitative estimate of drug-likeness (QED) is 0.0670. The molecular weight excluding hydrogens is 800 g/mol. The summed E-state index contributed by atoms with van der Waals surface area (Å²) >= 11 is 0. The zero-order valence-electron chi connectivity index (χ0n) is 37.7. The van der Waals surface area contributed by atoms with Crippen LogP contribution in [0.1, 0.15) is 90.2 Å². The number of benzene rings is 2.